The summed E-state index contributed by atoms with van der Waals surface area (Å²) in [7, 11) is 3.60. The van der Waals surface area contributed by atoms with E-state index in [1.165, 1.54) is 5.56 Å². The van der Waals surface area contributed by atoms with Crippen molar-refractivity contribution in [1.82, 2.24) is 4.90 Å². The van der Waals surface area contributed by atoms with Gasteiger partial charge in [-0.1, -0.05) is 12.1 Å². The predicted molar refractivity (Wildman–Crippen MR) is 75.6 cm³/mol. The minimum atomic E-state index is -0.760. The van der Waals surface area contributed by atoms with Crippen molar-refractivity contribution in [2.45, 2.75) is 20.3 Å². The van der Waals surface area contributed by atoms with Crippen molar-refractivity contribution in [3.63, 3.8) is 0 Å². The zero-order valence-electron chi connectivity index (χ0n) is 12.1. The number of rotatable bonds is 7. The van der Waals surface area contributed by atoms with Crippen molar-refractivity contribution in [3.05, 3.63) is 29.8 Å². The average Bonchev–Trinajstić information content (AvgIpc) is 2.36. The molecule has 4 heteroatoms. The lowest BCUT2D eigenvalue weighted by Gasteiger charge is -2.26. The Morgan fingerprint density at radius 3 is 2.37 bits per heavy atom. The summed E-state index contributed by atoms with van der Waals surface area (Å²) in [5.74, 6) is 0.0907. The highest BCUT2D eigenvalue weighted by Gasteiger charge is 2.28. The predicted octanol–water partition coefficient (Wildman–Crippen LogP) is 2.28. The van der Waals surface area contributed by atoms with Gasteiger partial charge < -0.3 is 14.7 Å². The maximum Gasteiger partial charge on any atom is 0.310 e. The second kappa shape index (κ2) is 6.57. The van der Waals surface area contributed by atoms with Crippen molar-refractivity contribution >= 4 is 5.97 Å². The van der Waals surface area contributed by atoms with Gasteiger partial charge in [-0.25, -0.2) is 0 Å². The Hall–Kier alpha value is -1.55. The van der Waals surface area contributed by atoms with Gasteiger partial charge in [-0.3, -0.25) is 4.79 Å². The second-order valence-electron chi connectivity index (χ2n) is 5.52. The number of nitrogens with zero attached hydrogens (tertiary/aromatic N) is 1. The van der Waals surface area contributed by atoms with Gasteiger partial charge in [0.2, 0.25) is 0 Å². The van der Waals surface area contributed by atoms with Crippen LogP contribution in [0.1, 0.15) is 19.4 Å². The molecule has 0 aliphatic rings. The number of benzene rings is 1. The SMILES string of the molecule is COc1ccc(CCN(C)CC(C)(C)C(=O)O)cc1. The Morgan fingerprint density at radius 2 is 1.89 bits per heavy atom. The number of hydrogen-bond donors (Lipinski definition) is 1. The molecule has 0 amide bonds. The fraction of sp³-hybridized carbons (Fsp3) is 0.533. The molecular weight excluding hydrogens is 242 g/mol. The number of ether oxygens (including phenoxy) is 1. The molecule has 0 fully saturated rings. The van der Waals surface area contributed by atoms with Gasteiger partial charge in [0.1, 0.15) is 5.75 Å². The van der Waals surface area contributed by atoms with Crippen LogP contribution < -0.4 is 4.74 Å². The smallest absolute Gasteiger partial charge is 0.310 e. The van der Waals surface area contributed by atoms with Crippen LogP contribution in [0.15, 0.2) is 24.3 Å². The first kappa shape index (κ1) is 15.5. The van der Waals surface area contributed by atoms with Gasteiger partial charge in [-0.05, 0) is 45.0 Å². The van der Waals surface area contributed by atoms with E-state index < -0.39 is 11.4 Å². The Kier molecular flexibility index (Phi) is 5.36. The highest BCUT2D eigenvalue weighted by atomic mass is 16.5. The fourth-order valence-electron chi connectivity index (χ4n) is 1.93. The minimum absolute atomic E-state index is 0.540. The van der Waals surface area contributed by atoms with Crippen LogP contribution in [0, 0.1) is 5.41 Å². The molecule has 0 atom stereocenters. The number of hydrogen-bond acceptors (Lipinski definition) is 3. The summed E-state index contributed by atoms with van der Waals surface area (Å²) < 4.78 is 5.11. The molecule has 0 spiro atoms. The number of carboxylic acids is 1. The Balaban J connectivity index is 2.45. The summed E-state index contributed by atoms with van der Waals surface area (Å²) >= 11 is 0. The first-order chi connectivity index (χ1) is 8.85. The summed E-state index contributed by atoms with van der Waals surface area (Å²) in [6.07, 6.45) is 0.899. The van der Waals surface area contributed by atoms with Crippen LogP contribution in [0.25, 0.3) is 0 Å². The van der Waals surface area contributed by atoms with E-state index in [0.29, 0.717) is 6.54 Å². The van der Waals surface area contributed by atoms with Gasteiger partial charge in [0.05, 0.1) is 12.5 Å². The van der Waals surface area contributed by atoms with Crippen LogP contribution in [0.4, 0.5) is 0 Å². The topological polar surface area (TPSA) is 49.8 Å². The number of carboxylic acid groups (broad SMARTS) is 1. The van der Waals surface area contributed by atoms with Gasteiger partial charge in [0.15, 0.2) is 0 Å². The largest absolute Gasteiger partial charge is 0.497 e. The van der Waals surface area contributed by atoms with Crippen LogP contribution in [0.2, 0.25) is 0 Å². The monoisotopic (exact) mass is 265 g/mol. The van der Waals surface area contributed by atoms with E-state index in [-0.39, 0.29) is 0 Å². The van der Waals surface area contributed by atoms with Crippen LogP contribution in [-0.4, -0.2) is 43.2 Å². The van der Waals surface area contributed by atoms with E-state index in [0.717, 1.165) is 18.7 Å². The zero-order chi connectivity index (χ0) is 14.5. The first-order valence-electron chi connectivity index (χ1n) is 6.40. The molecule has 4 nitrogen and oxygen atoms in total. The van der Waals surface area contributed by atoms with Gasteiger partial charge in [0.25, 0.3) is 0 Å². The minimum Gasteiger partial charge on any atom is -0.497 e. The zero-order valence-corrected chi connectivity index (χ0v) is 12.1. The molecule has 19 heavy (non-hydrogen) atoms. The standard InChI is InChI=1S/C15H23NO3/c1-15(2,14(17)18)11-16(3)10-9-12-5-7-13(19-4)8-6-12/h5-8H,9-11H2,1-4H3,(H,17,18). The quantitative estimate of drug-likeness (QED) is 0.821. The second-order valence-corrected chi connectivity index (χ2v) is 5.52. The number of carbonyl (C=O) groups is 1. The molecule has 0 aliphatic carbocycles. The molecule has 0 unspecified atom stereocenters. The van der Waals surface area contributed by atoms with E-state index in [4.69, 9.17) is 9.84 Å². The van der Waals surface area contributed by atoms with Crippen molar-refractivity contribution in [2.75, 3.05) is 27.2 Å². The normalized spacial score (nSPS) is 11.6. The number of methoxy groups -OCH3 is 1. The van der Waals surface area contributed by atoms with Crippen molar-refractivity contribution in [1.29, 1.82) is 0 Å². The molecule has 1 aromatic carbocycles. The third kappa shape index (κ3) is 4.91. The molecule has 0 heterocycles. The van der Waals surface area contributed by atoms with E-state index >= 15 is 0 Å². The average molecular weight is 265 g/mol. The van der Waals surface area contributed by atoms with Crippen LogP contribution in [0.3, 0.4) is 0 Å². The maximum absolute atomic E-state index is 11.1. The van der Waals surface area contributed by atoms with Crippen molar-refractivity contribution in [3.8, 4) is 5.75 Å². The first-order valence-corrected chi connectivity index (χ1v) is 6.40. The molecule has 0 bridgehead atoms. The summed E-state index contributed by atoms with van der Waals surface area (Å²) in [6, 6.07) is 7.96. The van der Waals surface area contributed by atoms with E-state index in [9.17, 15) is 4.79 Å². The Labute approximate surface area is 115 Å². The molecule has 1 rings (SSSR count). The lowest BCUT2D eigenvalue weighted by Crippen LogP contribution is -2.38. The van der Waals surface area contributed by atoms with Crippen molar-refractivity contribution < 1.29 is 14.6 Å². The van der Waals surface area contributed by atoms with Gasteiger partial charge >= 0.3 is 5.97 Å². The molecule has 0 aromatic heterocycles. The molecule has 0 aliphatic heterocycles. The maximum atomic E-state index is 11.1. The highest BCUT2D eigenvalue weighted by Crippen LogP contribution is 2.17. The lowest BCUT2D eigenvalue weighted by molar-refractivity contribution is -0.147. The van der Waals surface area contributed by atoms with Crippen LogP contribution in [-0.2, 0) is 11.2 Å². The Morgan fingerprint density at radius 1 is 1.32 bits per heavy atom. The van der Waals surface area contributed by atoms with Gasteiger partial charge in [-0.2, -0.15) is 0 Å². The molecule has 0 radical (unpaired) electrons. The van der Waals surface area contributed by atoms with E-state index in [2.05, 4.69) is 4.90 Å². The summed E-state index contributed by atoms with van der Waals surface area (Å²) in [5, 5.41) is 9.09. The van der Waals surface area contributed by atoms with E-state index in [1.54, 1.807) is 21.0 Å². The third-order valence-corrected chi connectivity index (χ3v) is 3.19. The summed E-state index contributed by atoms with van der Waals surface area (Å²) in [6.45, 7) is 4.87. The van der Waals surface area contributed by atoms with Gasteiger partial charge in [0, 0.05) is 13.1 Å². The molecule has 1 N–H and O–H groups in total. The number of aliphatic carboxylic acids is 1. The summed E-state index contributed by atoms with van der Waals surface area (Å²) in [5.41, 5.74) is 0.509. The third-order valence-electron chi connectivity index (χ3n) is 3.19. The summed E-state index contributed by atoms with van der Waals surface area (Å²) in [4.78, 5) is 13.1. The lowest BCUT2D eigenvalue weighted by atomic mass is 9.93. The highest BCUT2D eigenvalue weighted by molar-refractivity contribution is 5.73. The van der Waals surface area contributed by atoms with Crippen molar-refractivity contribution in [2.24, 2.45) is 5.41 Å². The van der Waals surface area contributed by atoms with Crippen LogP contribution >= 0.6 is 0 Å². The number of likely N-dealkylation sites (N-methyl/N-ethyl adjacent to an activating group) is 1. The molecular formula is C15H23NO3. The molecule has 0 saturated heterocycles. The molecule has 1 aromatic rings. The van der Waals surface area contributed by atoms with Crippen LogP contribution in [0.5, 0.6) is 5.75 Å². The molecule has 106 valence electrons. The van der Waals surface area contributed by atoms with Gasteiger partial charge in [-0.15, -0.1) is 0 Å². The van der Waals surface area contributed by atoms with E-state index in [1.807, 2.05) is 31.3 Å². The molecule has 0 saturated carbocycles. The Bertz CT molecular complexity index is 412. The fourth-order valence-corrected chi connectivity index (χ4v) is 1.93.